The minimum atomic E-state index is -4.65. The van der Waals surface area contributed by atoms with Crippen LogP contribution in [-0.4, -0.2) is 70.0 Å². The second-order valence-corrected chi connectivity index (χ2v) is 32.3. The molecule has 0 spiro atoms. The Kier molecular flexibility index (Phi) is 79.5. The number of rotatable bonds is 82. The molecular formula is C92H168NO8P. The number of phosphoric ester groups is 1. The molecule has 0 aliphatic carbocycles. The molecule has 102 heavy (non-hydrogen) atoms. The van der Waals surface area contributed by atoms with Gasteiger partial charge in [-0.1, -0.05) is 413 Å². The maximum atomic E-state index is 12.9. The fraction of sp³-hybridized carbons (Fsp3) is 0.804. The number of carbonyl (C=O) groups excluding carboxylic acids is 2. The summed E-state index contributed by atoms with van der Waals surface area (Å²) in [6.45, 7) is 4.19. The molecule has 0 rings (SSSR count). The number of allylic oxidation sites excluding steroid dienone is 16. The Labute approximate surface area is 634 Å². The minimum Gasteiger partial charge on any atom is -0.756 e. The van der Waals surface area contributed by atoms with Crippen molar-refractivity contribution in [1.82, 2.24) is 0 Å². The van der Waals surface area contributed by atoms with Crippen molar-refractivity contribution in [3.8, 4) is 0 Å². The molecule has 0 fully saturated rings. The molecule has 0 radical (unpaired) electrons. The number of carbonyl (C=O) groups is 2. The van der Waals surface area contributed by atoms with E-state index in [0.717, 1.165) is 83.5 Å². The molecule has 0 saturated heterocycles. The van der Waals surface area contributed by atoms with Crippen molar-refractivity contribution in [1.29, 1.82) is 0 Å². The highest BCUT2D eigenvalue weighted by atomic mass is 31.2. The number of hydrogen-bond acceptors (Lipinski definition) is 8. The van der Waals surface area contributed by atoms with E-state index < -0.39 is 26.5 Å². The van der Waals surface area contributed by atoms with E-state index in [-0.39, 0.29) is 32.0 Å². The zero-order chi connectivity index (χ0) is 74.0. The monoisotopic (exact) mass is 1450 g/mol. The second kappa shape index (κ2) is 82.0. The van der Waals surface area contributed by atoms with E-state index in [0.29, 0.717) is 17.4 Å². The molecule has 594 valence electrons. The Bertz CT molecular complexity index is 2050. The summed E-state index contributed by atoms with van der Waals surface area (Å²) in [4.78, 5) is 38.3. The quantitative estimate of drug-likeness (QED) is 0.0195. The third-order valence-electron chi connectivity index (χ3n) is 19.6. The van der Waals surface area contributed by atoms with Gasteiger partial charge < -0.3 is 27.9 Å². The van der Waals surface area contributed by atoms with Crippen LogP contribution in [0.4, 0.5) is 0 Å². The smallest absolute Gasteiger partial charge is 0.306 e. The van der Waals surface area contributed by atoms with E-state index in [1.54, 1.807) is 0 Å². The number of ether oxygens (including phenoxy) is 2. The van der Waals surface area contributed by atoms with Gasteiger partial charge in [0.05, 0.1) is 27.7 Å². The summed E-state index contributed by atoms with van der Waals surface area (Å²) < 4.78 is 34.5. The molecule has 0 N–H and O–H groups in total. The van der Waals surface area contributed by atoms with Crippen LogP contribution in [0.15, 0.2) is 97.2 Å². The summed E-state index contributed by atoms with van der Waals surface area (Å²) in [6.07, 6.45) is 116. The number of esters is 2. The lowest BCUT2D eigenvalue weighted by molar-refractivity contribution is -0.870. The summed E-state index contributed by atoms with van der Waals surface area (Å²) in [5.41, 5.74) is 0. The molecular weight excluding hydrogens is 1280 g/mol. The first-order chi connectivity index (χ1) is 50.0. The van der Waals surface area contributed by atoms with Gasteiger partial charge in [0.15, 0.2) is 6.10 Å². The molecule has 0 amide bonds. The van der Waals surface area contributed by atoms with E-state index >= 15 is 0 Å². The first-order valence-corrected chi connectivity index (χ1v) is 45.4. The summed E-state index contributed by atoms with van der Waals surface area (Å²) in [7, 11) is 1.18. The summed E-state index contributed by atoms with van der Waals surface area (Å²) in [6, 6.07) is 0. The summed E-state index contributed by atoms with van der Waals surface area (Å²) in [5, 5.41) is 0. The first-order valence-electron chi connectivity index (χ1n) is 43.9. The van der Waals surface area contributed by atoms with Crippen molar-refractivity contribution in [3.63, 3.8) is 0 Å². The van der Waals surface area contributed by atoms with Crippen molar-refractivity contribution >= 4 is 19.8 Å². The van der Waals surface area contributed by atoms with Gasteiger partial charge in [-0.2, -0.15) is 0 Å². The molecule has 0 heterocycles. The Balaban J connectivity index is 3.89. The average Bonchev–Trinajstić information content (AvgIpc) is 0.914. The van der Waals surface area contributed by atoms with E-state index in [2.05, 4.69) is 111 Å². The topological polar surface area (TPSA) is 111 Å². The SMILES string of the molecule is CC/C=C\C/C=C\C/C=C\C/C=C\C/C=C\C/C=C\C/C=C\CCCCCCCCCCCCCCCCCCCC(=O)OC(COC(=O)CCCCCCCCCCCCCCCCCCCCCCCCCCCCC/C=C\CCCCCCCCCC)COP(=O)([O-])OCC[N+](C)(C)C. The number of unbranched alkanes of at least 4 members (excludes halogenated alkanes) is 52. The molecule has 2 atom stereocenters. The van der Waals surface area contributed by atoms with Gasteiger partial charge in [-0.3, -0.25) is 14.2 Å². The largest absolute Gasteiger partial charge is 0.756 e. The number of likely N-dealkylation sites (N-methyl/N-ethyl adjacent to an activating group) is 1. The molecule has 2 unspecified atom stereocenters. The van der Waals surface area contributed by atoms with Gasteiger partial charge in [-0.05, 0) is 96.3 Å². The predicted octanol–water partition coefficient (Wildman–Crippen LogP) is 29.1. The van der Waals surface area contributed by atoms with Gasteiger partial charge in [0.2, 0.25) is 0 Å². The number of quaternary nitrogens is 1. The highest BCUT2D eigenvalue weighted by Crippen LogP contribution is 2.38. The normalized spacial score (nSPS) is 13.4. The fourth-order valence-electron chi connectivity index (χ4n) is 12.9. The van der Waals surface area contributed by atoms with Gasteiger partial charge in [-0.25, -0.2) is 0 Å². The zero-order valence-electron chi connectivity index (χ0n) is 68.1. The maximum Gasteiger partial charge on any atom is 0.306 e. The Morgan fingerprint density at radius 2 is 0.559 bits per heavy atom. The van der Waals surface area contributed by atoms with Crippen LogP contribution in [0.2, 0.25) is 0 Å². The van der Waals surface area contributed by atoms with Crippen molar-refractivity contribution < 1.29 is 42.1 Å². The summed E-state index contributed by atoms with van der Waals surface area (Å²) in [5.74, 6) is -0.813. The Hall–Kier alpha value is -3.07. The van der Waals surface area contributed by atoms with E-state index in [1.165, 1.54) is 308 Å². The van der Waals surface area contributed by atoms with Crippen LogP contribution in [0, 0.1) is 0 Å². The average molecular weight is 1450 g/mol. The van der Waals surface area contributed by atoms with Crippen LogP contribution in [0.1, 0.15) is 425 Å². The van der Waals surface area contributed by atoms with Crippen molar-refractivity contribution in [2.75, 3.05) is 47.5 Å². The number of nitrogens with zero attached hydrogens (tertiary/aromatic N) is 1. The van der Waals surface area contributed by atoms with Crippen LogP contribution >= 0.6 is 7.82 Å². The Morgan fingerprint density at radius 1 is 0.314 bits per heavy atom. The molecule has 0 aromatic heterocycles. The molecule has 0 bridgehead atoms. The molecule has 9 nitrogen and oxygen atoms in total. The van der Waals surface area contributed by atoms with Crippen molar-refractivity contribution in [2.45, 2.75) is 431 Å². The predicted molar refractivity (Wildman–Crippen MR) is 443 cm³/mol. The lowest BCUT2D eigenvalue weighted by atomic mass is 10.0. The Morgan fingerprint density at radius 3 is 0.843 bits per heavy atom. The van der Waals surface area contributed by atoms with E-state index in [1.807, 2.05) is 21.1 Å². The zero-order valence-corrected chi connectivity index (χ0v) is 69.0. The van der Waals surface area contributed by atoms with Crippen LogP contribution in [0.3, 0.4) is 0 Å². The highest BCUT2D eigenvalue weighted by molar-refractivity contribution is 7.45. The lowest BCUT2D eigenvalue weighted by Crippen LogP contribution is -2.37. The van der Waals surface area contributed by atoms with E-state index in [4.69, 9.17) is 18.5 Å². The molecule has 0 aromatic rings. The van der Waals surface area contributed by atoms with Crippen molar-refractivity contribution in [3.05, 3.63) is 97.2 Å². The van der Waals surface area contributed by atoms with Gasteiger partial charge in [-0.15, -0.1) is 0 Å². The van der Waals surface area contributed by atoms with Crippen LogP contribution < -0.4 is 4.89 Å². The van der Waals surface area contributed by atoms with Crippen molar-refractivity contribution in [2.24, 2.45) is 0 Å². The first kappa shape index (κ1) is 98.9. The third kappa shape index (κ3) is 85.9. The highest BCUT2D eigenvalue weighted by Gasteiger charge is 2.22. The fourth-order valence-corrected chi connectivity index (χ4v) is 13.7. The van der Waals surface area contributed by atoms with Gasteiger partial charge in [0.25, 0.3) is 7.82 Å². The van der Waals surface area contributed by atoms with Crippen LogP contribution in [-0.2, 0) is 32.7 Å². The molecule has 0 saturated carbocycles. The minimum absolute atomic E-state index is 0.0305. The number of hydrogen-bond donors (Lipinski definition) is 0. The second-order valence-electron chi connectivity index (χ2n) is 30.9. The molecule has 0 aromatic carbocycles. The van der Waals surface area contributed by atoms with Gasteiger partial charge >= 0.3 is 11.9 Å². The molecule has 0 aliphatic rings. The standard InChI is InChI=1S/C92H168NO8P/c1-6-8-10-12-14-16-18-20-22-24-26-28-30-32-34-36-38-40-42-44-46-48-50-52-54-56-58-60-62-64-66-68-70-72-74-76-78-80-82-84-91(94)98-88-90(89-100-102(96,97)99-87-86-93(3,4)5)101-92(95)85-83-81-79-77-75-73-71-69-67-65-63-61-59-57-55-53-51-49-47-45-43-41-39-37-35-33-31-29-27-25-23-21-19-17-15-13-11-9-7-2/h9,11,15,17,21,23-24,26-27,29,33,35,39,41,45,47,90H,6-8,10,12-14,16,18-20,22,25,28,30-32,34,36-38,40,42-44,46,48-89H2,1-5H3/b11-9-,17-15-,23-21-,26-24-,29-27-,35-33-,41-39-,47-45-. The molecule has 0 aliphatic heterocycles. The maximum absolute atomic E-state index is 12.9. The number of phosphoric acid groups is 1. The van der Waals surface area contributed by atoms with E-state index in [9.17, 15) is 19.0 Å². The van der Waals surface area contributed by atoms with Crippen LogP contribution in [0.25, 0.3) is 0 Å². The van der Waals surface area contributed by atoms with Crippen LogP contribution in [0.5, 0.6) is 0 Å². The third-order valence-corrected chi connectivity index (χ3v) is 20.6. The van der Waals surface area contributed by atoms with Gasteiger partial charge in [0, 0.05) is 12.8 Å². The van der Waals surface area contributed by atoms with Gasteiger partial charge in [0.1, 0.15) is 19.8 Å². The summed E-state index contributed by atoms with van der Waals surface area (Å²) >= 11 is 0. The molecule has 10 heteroatoms. The lowest BCUT2D eigenvalue weighted by Gasteiger charge is -2.28.